The number of rotatable bonds is 5. The van der Waals surface area contributed by atoms with Crippen molar-refractivity contribution in [1.82, 2.24) is 10.6 Å². The molecule has 2 N–H and O–H groups in total. The number of halogens is 1. The van der Waals surface area contributed by atoms with Gasteiger partial charge in [0.1, 0.15) is 5.82 Å². The summed E-state index contributed by atoms with van der Waals surface area (Å²) < 4.78 is 13.0. The van der Waals surface area contributed by atoms with Crippen LogP contribution < -0.4 is 15.5 Å². The number of piperidine rings is 1. The first-order valence-corrected chi connectivity index (χ1v) is 9.55. The average Bonchev–Trinajstić information content (AvgIpc) is 2.70. The van der Waals surface area contributed by atoms with Gasteiger partial charge in [-0.1, -0.05) is 24.3 Å². The Hall–Kier alpha value is -2.73. The lowest BCUT2D eigenvalue weighted by Crippen LogP contribution is -2.53. The van der Waals surface area contributed by atoms with Crippen LogP contribution in [-0.4, -0.2) is 31.6 Å². The molecule has 1 aliphatic heterocycles. The zero-order valence-electron chi connectivity index (χ0n) is 16.2. The highest BCUT2D eigenvalue weighted by molar-refractivity contribution is 5.97. The molecule has 0 saturated carbocycles. The molecule has 2 atom stereocenters. The Bertz CT molecular complexity index is 830. The number of carbonyl (C=O) groups excluding carboxylic acids is 2. The van der Waals surface area contributed by atoms with E-state index < -0.39 is 0 Å². The Morgan fingerprint density at radius 2 is 1.93 bits per heavy atom. The average molecular weight is 383 g/mol. The predicted molar refractivity (Wildman–Crippen MR) is 108 cm³/mol. The summed E-state index contributed by atoms with van der Waals surface area (Å²) >= 11 is 0. The SMILES string of the molecule is CC(=O)c1cccc(N(C)C(=O)N[C@H]2CC[C@H](Cc3ccc(F)cc3)CN2)c1. The van der Waals surface area contributed by atoms with Crippen LogP contribution in [0.2, 0.25) is 0 Å². The van der Waals surface area contributed by atoms with Crippen LogP contribution in [0.15, 0.2) is 48.5 Å². The molecular formula is C22H26FN3O2. The largest absolute Gasteiger partial charge is 0.322 e. The second kappa shape index (κ2) is 8.97. The highest BCUT2D eigenvalue weighted by Crippen LogP contribution is 2.20. The molecule has 1 fully saturated rings. The molecular weight excluding hydrogens is 357 g/mol. The van der Waals surface area contributed by atoms with Gasteiger partial charge in [-0.25, -0.2) is 9.18 Å². The third-order valence-corrected chi connectivity index (χ3v) is 5.20. The molecule has 28 heavy (non-hydrogen) atoms. The van der Waals surface area contributed by atoms with Gasteiger partial charge in [0.15, 0.2) is 5.78 Å². The smallest absolute Gasteiger partial charge is 0.322 e. The van der Waals surface area contributed by atoms with E-state index in [1.165, 1.54) is 24.0 Å². The maximum absolute atomic E-state index is 13.0. The highest BCUT2D eigenvalue weighted by atomic mass is 19.1. The van der Waals surface area contributed by atoms with E-state index in [9.17, 15) is 14.0 Å². The van der Waals surface area contributed by atoms with E-state index in [0.29, 0.717) is 17.2 Å². The Morgan fingerprint density at radius 1 is 1.18 bits per heavy atom. The zero-order chi connectivity index (χ0) is 20.1. The van der Waals surface area contributed by atoms with Gasteiger partial charge in [0.25, 0.3) is 0 Å². The molecule has 0 bridgehead atoms. The number of nitrogens with zero attached hydrogens (tertiary/aromatic N) is 1. The third-order valence-electron chi connectivity index (χ3n) is 5.20. The number of hydrogen-bond donors (Lipinski definition) is 2. The summed E-state index contributed by atoms with van der Waals surface area (Å²) in [7, 11) is 1.69. The number of amides is 2. The summed E-state index contributed by atoms with van der Waals surface area (Å²) in [6, 6.07) is 13.5. The van der Waals surface area contributed by atoms with E-state index in [1.807, 2.05) is 12.1 Å². The van der Waals surface area contributed by atoms with Crippen molar-refractivity contribution in [2.45, 2.75) is 32.4 Å². The molecule has 2 aromatic rings. The maximum atomic E-state index is 13.0. The van der Waals surface area contributed by atoms with E-state index in [1.54, 1.807) is 31.3 Å². The van der Waals surface area contributed by atoms with Gasteiger partial charge in [-0.05, 0) is 61.9 Å². The van der Waals surface area contributed by atoms with Gasteiger partial charge in [0, 0.05) is 24.8 Å². The van der Waals surface area contributed by atoms with E-state index >= 15 is 0 Å². The van der Waals surface area contributed by atoms with Crippen molar-refractivity contribution in [1.29, 1.82) is 0 Å². The van der Waals surface area contributed by atoms with Crippen molar-refractivity contribution >= 4 is 17.5 Å². The van der Waals surface area contributed by atoms with Crippen LogP contribution in [0, 0.1) is 11.7 Å². The Balaban J connectivity index is 1.49. The molecule has 1 heterocycles. The van der Waals surface area contributed by atoms with Gasteiger partial charge in [-0.3, -0.25) is 15.0 Å². The van der Waals surface area contributed by atoms with Gasteiger partial charge in [-0.15, -0.1) is 0 Å². The van der Waals surface area contributed by atoms with Crippen LogP contribution >= 0.6 is 0 Å². The topological polar surface area (TPSA) is 61.4 Å². The van der Waals surface area contributed by atoms with Crippen molar-refractivity contribution < 1.29 is 14.0 Å². The van der Waals surface area contributed by atoms with Gasteiger partial charge in [0.2, 0.25) is 0 Å². The van der Waals surface area contributed by atoms with Crippen LogP contribution in [-0.2, 0) is 6.42 Å². The van der Waals surface area contributed by atoms with Crippen LogP contribution in [0.4, 0.5) is 14.9 Å². The number of hydrogen-bond acceptors (Lipinski definition) is 3. The molecule has 2 aromatic carbocycles. The number of ketones is 1. The molecule has 6 heteroatoms. The van der Waals surface area contributed by atoms with Crippen molar-refractivity contribution in [2.75, 3.05) is 18.5 Å². The van der Waals surface area contributed by atoms with Gasteiger partial charge < -0.3 is 5.32 Å². The lowest BCUT2D eigenvalue weighted by molar-refractivity contribution is 0.101. The minimum atomic E-state index is -0.216. The van der Waals surface area contributed by atoms with Crippen LogP contribution in [0.5, 0.6) is 0 Å². The normalized spacial score (nSPS) is 19.1. The number of benzene rings is 2. The van der Waals surface area contributed by atoms with Gasteiger partial charge in [-0.2, -0.15) is 0 Å². The molecule has 0 aliphatic carbocycles. The van der Waals surface area contributed by atoms with Crippen molar-refractivity contribution in [3.8, 4) is 0 Å². The predicted octanol–water partition coefficient (Wildman–Crippen LogP) is 3.74. The molecule has 0 spiro atoms. The third kappa shape index (κ3) is 5.16. The summed E-state index contributed by atoms with van der Waals surface area (Å²) in [6.45, 7) is 2.30. The van der Waals surface area contributed by atoms with E-state index in [-0.39, 0.29) is 23.8 Å². The summed E-state index contributed by atoms with van der Waals surface area (Å²) in [5.41, 5.74) is 2.38. The molecule has 148 valence electrons. The lowest BCUT2D eigenvalue weighted by atomic mass is 9.91. The van der Waals surface area contributed by atoms with Crippen molar-refractivity contribution in [2.24, 2.45) is 5.92 Å². The standard InChI is InChI=1S/C22H26FN3O2/c1-15(27)18-4-3-5-20(13-18)26(2)22(28)25-21-11-8-17(14-24-21)12-16-6-9-19(23)10-7-16/h3-7,9-10,13,17,21,24H,8,11-12,14H2,1-2H3,(H,25,28)/t17-,21+/m1/s1. The quantitative estimate of drug-likeness (QED) is 0.773. The van der Waals surface area contributed by atoms with E-state index in [0.717, 1.165) is 31.4 Å². The minimum Gasteiger partial charge on any atom is -0.322 e. The van der Waals surface area contributed by atoms with Crippen LogP contribution in [0.25, 0.3) is 0 Å². The fourth-order valence-electron chi connectivity index (χ4n) is 3.46. The molecule has 1 aliphatic rings. The maximum Gasteiger partial charge on any atom is 0.322 e. The number of nitrogens with one attached hydrogen (secondary N) is 2. The van der Waals surface area contributed by atoms with Gasteiger partial charge >= 0.3 is 6.03 Å². The molecule has 0 aromatic heterocycles. The molecule has 5 nitrogen and oxygen atoms in total. The zero-order valence-corrected chi connectivity index (χ0v) is 16.2. The monoisotopic (exact) mass is 383 g/mol. The fraction of sp³-hybridized carbons (Fsp3) is 0.364. The van der Waals surface area contributed by atoms with Crippen LogP contribution in [0.3, 0.4) is 0 Å². The van der Waals surface area contributed by atoms with Crippen molar-refractivity contribution in [3.05, 3.63) is 65.5 Å². The van der Waals surface area contributed by atoms with Crippen molar-refractivity contribution in [3.63, 3.8) is 0 Å². The summed E-state index contributed by atoms with van der Waals surface area (Å²) in [4.78, 5) is 25.6. The summed E-state index contributed by atoms with van der Waals surface area (Å²) in [5.74, 6) is 0.214. The molecule has 2 amide bonds. The van der Waals surface area contributed by atoms with Crippen LogP contribution in [0.1, 0.15) is 35.7 Å². The fourth-order valence-corrected chi connectivity index (χ4v) is 3.46. The summed E-state index contributed by atoms with van der Waals surface area (Å²) in [6.07, 6.45) is 2.62. The molecule has 1 saturated heterocycles. The first-order chi connectivity index (χ1) is 13.4. The Kier molecular flexibility index (Phi) is 6.41. The lowest BCUT2D eigenvalue weighted by Gasteiger charge is -2.32. The first kappa shape index (κ1) is 20.0. The highest BCUT2D eigenvalue weighted by Gasteiger charge is 2.23. The number of carbonyl (C=O) groups is 2. The Morgan fingerprint density at radius 3 is 2.57 bits per heavy atom. The first-order valence-electron chi connectivity index (χ1n) is 9.55. The number of anilines is 1. The molecule has 3 rings (SSSR count). The summed E-state index contributed by atoms with van der Waals surface area (Å²) in [5, 5.41) is 6.38. The number of urea groups is 1. The van der Waals surface area contributed by atoms with E-state index in [2.05, 4.69) is 10.6 Å². The number of Topliss-reactive ketones (excluding diaryl/α,β-unsaturated/α-hetero) is 1. The van der Waals surface area contributed by atoms with E-state index in [4.69, 9.17) is 0 Å². The molecule has 0 radical (unpaired) electrons. The minimum absolute atomic E-state index is 0.0307. The molecule has 0 unspecified atom stereocenters. The van der Waals surface area contributed by atoms with Gasteiger partial charge in [0.05, 0.1) is 6.17 Å². The second-order valence-corrected chi connectivity index (χ2v) is 7.35. The Labute approximate surface area is 164 Å². The second-order valence-electron chi connectivity index (χ2n) is 7.35.